The van der Waals surface area contributed by atoms with Gasteiger partial charge in [-0.15, -0.1) is 5.10 Å². The molecule has 3 saturated heterocycles. The Morgan fingerprint density at radius 1 is 1.30 bits per heavy atom. The number of hydrogen-bond donors (Lipinski definition) is 1. The zero-order chi connectivity index (χ0) is 13.7. The molecule has 1 atom stereocenters. The monoisotopic (exact) mass is 272 g/mol. The fraction of sp³-hybridized carbons (Fsp3) is 0.500. The number of piperidine rings is 3. The van der Waals surface area contributed by atoms with Crippen LogP contribution in [0.2, 0.25) is 0 Å². The highest BCUT2D eigenvalue weighted by Crippen LogP contribution is 2.36. The number of fused-ring (bicyclic) bond motifs is 4. The largest absolute Gasteiger partial charge is 0.478 e. The van der Waals surface area contributed by atoms with Crippen LogP contribution in [-0.4, -0.2) is 50.6 Å². The Bertz CT molecular complexity index is 673. The van der Waals surface area contributed by atoms with Gasteiger partial charge in [-0.2, -0.15) is 0 Å². The van der Waals surface area contributed by atoms with E-state index in [9.17, 15) is 9.90 Å². The summed E-state index contributed by atoms with van der Waals surface area (Å²) in [5, 5.41) is 17.8. The third-order valence-electron chi connectivity index (χ3n) is 4.66. The summed E-state index contributed by atoms with van der Waals surface area (Å²) in [5.74, 6) is -0.327. The van der Waals surface area contributed by atoms with E-state index in [1.165, 1.54) is 12.8 Å². The maximum Gasteiger partial charge on any atom is 0.337 e. The van der Waals surface area contributed by atoms with E-state index < -0.39 is 5.97 Å². The van der Waals surface area contributed by atoms with Gasteiger partial charge in [0.15, 0.2) is 0 Å². The highest BCUT2D eigenvalue weighted by atomic mass is 16.4. The molecule has 4 heterocycles. The SMILES string of the molecule is O=C(O)c1cccc2nnn(C3CN4CCC3CC4)c12. The van der Waals surface area contributed by atoms with Crippen LogP contribution in [0.4, 0.5) is 0 Å². The van der Waals surface area contributed by atoms with Gasteiger partial charge in [0.2, 0.25) is 0 Å². The van der Waals surface area contributed by atoms with E-state index in [-0.39, 0.29) is 6.04 Å². The predicted molar refractivity (Wildman–Crippen MR) is 72.7 cm³/mol. The summed E-state index contributed by atoms with van der Waals surface area (Å²) in [6, 6.07) is 5.43. The first-order chi connectivity index (χ1) is 9.74. The van der Waals surface area contributed by atoms with E-state index in [2.05, 4.69) is 15.2 Å². The molecule has 0 radical (unpaired) electrons. The van der Waals surface area contributed by atoms with Gasteiger partial charge in [-0.1, -0.05) is 11.3 Å². The van der Waals surface area contributed by atoms with Crippen LogP contribution in [-0.2, 0) is 0 Å². The summed E-state index contributed by atoms with van der Waals surface area (Å²) < 4.78 is 1.86. The number of hydrogen-bond acceptors (Lipinski definition) is 4. The third kappa shape index (κ3) is 1.64. The number of aromatic nitrogens is 3. The number of rotatable bonds is 2. The molecule has 2 bridgehead atoms. The second-order valence-electron chi connectivity index (χ2n) is 5.72. The van der Waals surface area contributed by atoms with Gasteiger partial charge in [-0.25, -0.2) is 9.48 Å². The topological polar surface area (TPSA) is 71.2 Å². The van der Waals surface area contributed by atoms with Crippen molar-refractivity contribution in [1.82, 2.24) is 19.9 Å². The van der Waals surface area contributed by atoms with Crippen molar-refractivity contribution in [2.45, 2.75) is 18.9 Å². The van der Waals surface area contributed by atoms with E-state index >= 15 is 0 Å². The lowest BCUT2D eigenvalue weighted by Crippen LogP contribution is -2.48. The highest BCUT2D eigenvalue weighted by molar-refractivity contribution is 6.00. The smallest absolute Gasteiger partial charge is 0.337 e. The Hall–Kier alpha value is -1.95. The van der Waals surface area contributed by atoms with Crippen LogP contribution in [0.5, 0.6) is 0 Å². The molecule has 0 aliphatic carbocycles. The van der Waals surface area contributed by atoms with Crippen molar-refractivity contribution in [3.63, 3.8) is 0 Å². The molecule has 2 aromatic rings. The molecular weight excluding hydrogens is 256 g/mol. The summed E-state index contributed by atoms with van der Waals surface area (Å²) in [6.45, 7) is 3.26. The maximum absolute atomic E-state index is 11.4. The van der Waals surface area contributed by atoms with E-state index in [0.717, 1.165) is 19.6 Å². The first-order valence-electron chi connectivity index (χ1n) is 7.03. The van der Waals surface area contributed by atoms with Gasteiger partial charge >= 0.3 is 5.97 Å². The molecule has 3 fully saturated rings. The van der Waals surface area contributed by atoms with Crippen LogP contribution < -0.4 is 0 Å². The van der Waals surface area contributed by atoms with Crippen molar-refractivity contribution in [3.05, 3.63) is 23.8 Å². The summed E-state index contributed by atoms with van der Waals surface area (Å²) in [4.78, 5) is 13.9. The molecule has 0 spiro atoms. The molecule has 0 amide bonds. The zero-order valence-electron chi connectivity index (χ0n) is 11.1. The number of carboxylic acid groups (broad SMARTS) is 1. The summed E-state index contributed by atoms with van der Waals surface area (Å²) in [6.07, 6.45) is 2.34. The summed E-state index contributed by atoms with van der Waals surface area (Å²) in [5.41, 5.74) is 1.63. The van der Waals surface area contributed by atoms with Crippen molar-refractivity contribution in [2.24, 2.45) is 5.92 Å². The van der Waals surface area contributed by atoms with Crippen LogP contribution in [0, 0.1) is 5.92 Å². The van der Waals surface area contributed by atoms with E-state index in [4.69, 9.17) is 0 Å². The zero-order valence-corrected chi connectivity index (χ0v) is 11.1. The predicted octanol–water partition coefficient (Wildman–Crippen LogP) is 1.40. The standard InChI is InChI=1S/C14H16N4O2/c19-14(20)10-2-1-3-11-13(10)18(16-15-11)12-8-17-6-4-9(12)5-7-17/h1-3,9,12H,4-8H2,(H,19,20). The number of aromatic carboxylic acids is 1. The Morgan fingerprint density at radius 2 is 2.10 bits per heavy atom. The van der Waals surface area contributed by atoms with Gasteiger partial charge in [0, 0.05) is 6.54 Å². The van der Waals surface area contributed by atoms with Crippen LogP contribution in [0.15, 0.2) is 18.2 Å². The molecule has 1 N–H and O–H groups in total. The second kappa shape index (κ2) is 4.28. The normalized spacial score (nSPS) is 28.9. The molecule has 104 valence electrons. The van der Waals surface area contributed by atoms with Gasteiger partial charge < -0.3 is 10.0 Å². The van der Waals surface area contributed by atoms with Crippen LogP contribution in [0.1, 0.15) is 29.2 Å². The van der Waals surface area contributed by atoms with Crippen molar-refractivity contribution in [2.75, 3.05) is 19.6 Å². The van der Waals surface area contributed by atoms with Crippen molar-refractivity contribution in [3.8, 4) is 0 Å². The van der Waals surface area contributed by atoms with Crippen LogP contribution in [0.25, 0.3) is 11.0 Å². The summed E-state index contributed by atoms with van der Waals surface area (Å²) in [7, 11) is 0. The second-order valence-corrected chi connectivity index (χ2v) is 5.72. The van der Waals surface area contributed by atoms with Crippen LogP contribution in [0.3, 0.4) is 0 Å². The number of benzene rings is 1. The van der Waals surface area contributed by atoms with Crippen molar-refractivity contribution < 1.29 is 9.90 Å². The Morgan fingerprint density at radius 3 is 2.75 bits per heavy atom. The Labute approximate surface area is 116 Å². The minimum atomic E-state index is -0.916. The lowest BCUT2D eigenvalue weighted by atomic mass is 9.84. The lowest BCUT2D eigenvalue weighted by molar-refractivity contribution is 0.0521. The fourth-order valence-corrected chi connectivity index (χ4v) is 3.61. The molecule has 5 rings (SSSR count). The Balaban J connectivity index is 1.86. The molecule has 1 unspecified atom stereocenters. The highest BCUT2D eigenvalue weighted by Gasteiger charge is 2.37. The van der Waals surface area contributed by atoms with Crippen LogP contribution >= 0.6 is 0 Å². The first-order valence-corrected chi connectivity index (χ1v) is 7.03. The molecule has 6 nitrogen and oxygen atoms in total. The molecule has 0 saturated carbocycles. The van der Waals surface area contributed by atoms with Gasteiger partial charge in [0.25, 0.3) is 0 Å². The number of carbonyl (C=O) groups is 1. The van der Waals surface area contributed by atoms with E-state index in [1.807, 2.05) is 10.7 Å². The maximum atomic E-state index is 11.4. The quantitative estimate of drug-likeness (QED) is 0.894. The number of carboxylic acids is 1. The average Bonchev–Trinajstić information content (AvgIpc) is 2.92. The molecule has 20 heavy (non-hydrogen) atoms. The molecule has 6 heteroatoms. The number of nitrogens with zero attached hydrogens (tertiary/aromatic N) is 4. The molecule has 1 aromatic heterocycles. The number of para-hydroxylation sites is 1. The van der Waals surface area contributed by atoms with Gasteiger partial charge in [-0.3, -0.25) is 0 Å². The van der Waals surface area contributed by atoms with Crippen molar-refractivity contribution >= 4 is 17.0 Å². The Kier molecular flexibility index (Phi) is 2.53. The average molecular weight is 272 g/mol. The van der Waals surface area contributed by atoms with E-state index in [0.29, 0.717) is 22.5 Å². The van der Waals surface area contributed by atoms with Gasteiger partial charge in [-0.05, 0) is 44.0 Å². The summed E-state index contributed by atoms with van der Waals surface area (Å²) >= 11 is 0. The lowest BCUT2D eigenvalue weighted by Gasteiger charge is -2.44. The minimum absolute atomic E-state index is 0.253. The van der Waals surface area contributed by atoms with Gasteiger partial charge in [0.1, 0.15) is 11.0 Å². The van der Waals surface area contributed by atoms with E-state index in [1.54, 1.807) is 12.1 Å². The molecule has 3 aliphatic rings. The molecule has 1 aromatic carbocycles. The first kappa shape index (κ1) is 11.8. The van der Waals surface area contributed by atoms with Gasteiger partial charge in [0.05, 0.1) is 11.6 Å². The minimum Gasteiger partial charge on any atom is -0.478 e. The third-order valence-corrected chi connectivity index (χ3v) is 4.66. The molecular formula is C14H16N4O2. The fourth-order valence-electron chi connectivity index (χ4n) is 3.61. The van der Waals surface area contributed by atoms with Crippen molar-refractivity contribution in [1.29, 1.82) is 0 Å². The molecule has 3 aliphatic heterocycles.